The van der Waals surface area contributed by atoms with E-state index in [0.29, 0.717) is 17.2 Å². The zero-order valence-electron chi connectivity index (χ0n) is 15.9. The molecule has 0 radical (unpaired) electrons. The Balaban J connectivity index is 2.11. The Labute approximate surface area is 169 Å². The molecule has 8 heteroatoms. The molecule has 0 atom stereocenters. The lowest BCUT2D eigenvalue weighted by Gasteiger charge is -2.14. The third-order valence-corrected chi connectivity index (χ3v) is 4.34. The zero-order chi connectivity index (χ0) is 21.8. The molecule has 0 aliphatic heterocycles. The first-order chi connectivity index (χ1) is 14.3. The monoisotopic (exact) mass is 413 g/mol. The quantitative estimate of drug-likeness (QED) is 0.290. The number of para-hydroxylation sites is 1. The van der Waals surface area contributed by atoms with Crippen LogP contribution >= 0.6 is 0 Å². The van der Waals surface area contributed by atoms with Gasteiger partial charge in [-0.25, -0.2) is 13.6 Å². The molecule has 0 saturated carbocycles. The minimum absolute atomic E-state index is 0.0177. The van der Waals surface area contributed by atoms with Crippen molar-refractivity contribution in [1.29, 1.82) is 0 Å². The first-order valence-electron chi connectivity index (χ1n) is 9.00. The molecule has 3 aromatic rings. The van der Waals surface area contributed by atoms with E-state index in [0.717, 1.165) is 12.1 Å². The summed E-state index contributed by atoms with van der Waals surface area (Å²) >= 11 is 0. The summed E-state index contributed by atoms with van der Waals surface area (Å²) in [4.78, 5) is 36.1. The highest BCUT2D eigenvalue weighted by Crippen LogP contribution is 2.18. The normalized spacial score (nSPS) is 11.5. The lowest BCUT2D eigenvalue weighted by atomic mass is 10.1. The van der Waals surface area contributed by atoms with Gasteiger partial charge in [-0.1, -0.05) is 18.2 Å². The maximum Gasteiger partial charge on any atom is 0.379 e. The van der Waals surface area contributed by atoms with Gasteiger partial charge in [0.25, 0.3) is 5.78 Å². The summed E-state index contributed by atoms with van der Waals surface area (Å²) in [6.45, 7) is 1.56. The number of esters is 1. The van der Waals surface area contributed by atoms with Crippen LogP contribution in [0, 0.1) is 11.6 Å². The van der Waals surface area contributed by atoms with E-state index >= 15 is 0 Å². The second-order valence-corrected chi connectivity index (χ2v) is 6.38. The van der Waals surface area contributed by atoms with Crippen molar-refractivity contribution in [3.05, 3.63) is 87.7 Å². The Morgan fingerprint density at radius 2 is 1.87 bits per heavy atom. The number of nitrogens with zero attached hydrogens (tertiary/aromatic N) is 1. The molecule has 2 aromatic carbocycles. The van der Waals surface area contributed by atoms with Gasteiger partial charge in [-0.05, 0) is 36.8 Å². The van der Waals surface area contributed by atoms with Gasteiger partial charge in [0.05, 0.1) is 17.7 Å². The van der Waals surface area contributed by atoms with Crippen molar-refractivity contribution in [2.75, 3.05) is 6.61 Å². The summed E-state index contributed by atoms with van der Waals surface area (Å²) in [5.74, 6) is -4.98. The smallest absolute Gasteiger partial charge is 0.379 e. The minimum Gasteiger partial charge on any atom is -0.507 e. The molecule has 30 heavy (non-hydrogen) atoms. The van der Waals surface area contributed by atoms with Crippen molar-refractivity contribution in [3.8, 4) is 0 Å². The van der Waals surface area contributed by atoms with Crippen molar-refractivity contribution in [2.24, 2.45) is 0 Å². The van der Waals surface area contributed by atoms with E-state index in [9.17, 15) is 28.3 Å². The first kappa shape index (κ1) is 20.9. The zero-order valence-corrected chi connectivity index (χ0v) is 15.9. The van der Waals surface area contributed by atoms with E-state index < -0.39 is 34.6 Å². The molecule has 154 valence electrons. The summed E-state index contributed by atoms with van der Waals surface area (Å²) in [5, 5.41) is 10.6. The van der Waals surface area contributed by atoms with Crippen LogP contribution in [0.3, 0.4) is 0 Å². The molecule has 1 aromatic heterocycles. The molecule has 1 heterocycles. The van der Waals surface area contributed by atoms with Crippen molar-refractivity contribution >= 4 is 28.4 Å². The molecular formula is C22H17F2NO5. The van der Waals surface area contributed by atoms with Crippen LogP contribution in [-0.2, 0) is 20.9 Å². The Hall–Kier alpha value is -3.81. The number of aromatic nitrogens is 1. The number of rotatable bonds is 6. The van der Waals surface area contributed by atoms with Gasteiger partial charge >= 0.3 is 5.97 Å². The molecular weight excluding hydrogens is 396 g/mol. The fourth-order valence-electron chi connectivity index (χ4n) is 2.96. The molecule has 6 nitrogen and oxygen atoms in total. The van der Waals surface area contributed by atoms with Gasteiger partial charge in [0.15, 0.2) is 17.1 Å². The SMILES string of the molecule is CCOC(=O)C(=O)C=C(O)c1cn(Cc2ccc(F)c(F)c2)c2ccccc2c1=O. The number of ether oxygens (including phenoxy) is 1. The molecule has 0 amide bonds. The number of ketones is 1. The van der Waals surface area contributed by atoms with E-state index in [-0.39, 0.29) is 24.1 Å². The summed E-state index contributed by atoms with van der Waals surface area (Å²) in [5.41, 5.74) is 0.117. The Kier molecular flexibility index (Phi) is 6.06. The van der Waals surface area contributed by atoms with Gasteiger partial charge in [0.2, 0.25) is 0 Å². The number of carbonyl (C=O) groups excluding carboxylic acids is 2. The molecule has 0 unspecified atom stereocenters. The number of pyridine rings is 1. The number of aliphatic hydroxyl groups excluding tert-OH is 1. The lowest BCUT2D eigenvalue weighted by molar-refractivity contribution is -0.151. The number of hydrogen-bond acceptors (Lipinski definition) is 5. The van der Waals surface area contributed by atoms with E-state index in [1.54, 1.807) is 22.8 Å². The van der Waals surface area contributed by atoms with Crippen LogP contribution in [0.15, 0.2) is 59.5 Å². The number of fused-ring (bicyclic) bond motifs is 1. The van der Waals surface area contributed by atoms with Gasteiger partial charge in [-0.2, -0.15) is 0 Å². The maximum absolute atomic E-state index is 13.6. The Morgan fingerprint density at radius 3 is 2.57 bits per heavy atom. The van der Waals surface area contributed by atoms with Crippen LogP contribution in [0.1, 0.15) is 18.1 Å². The highest BCUT2D eigenvalue weighted by molar-refractivity contribution is 6.39. The molecule has 0 aliphatic carbocycles. The largest absolute Gasteiger partial charge is 0.507 e. The second-order valence-electron chi connectivity index (χ2n) is 6.38. The minimum atomic E-state index is -1.16. The third-order valence-electron chi connectivity index (χ3n) is 4.34. The standard InChI is InChI=1S/C22H17F2NO5/c1-2-30-22(29)20(27)10-19(26)15-12-25(11-13-7-8-16(23)17(24)9-13)18-6-4-3-5-14(18)21(15)28/h3-10,12,26H,2,11H2,1H3. The van der Waals surface area contributed by atoms with Crippen molar-refractivity contribution in [1.82, 2.24) is 4.57 Å². The average molecular weight is 413 g/mol. The van der Waals surface area contributed by atoms with Crippen molar-refractivity contribution in [2.45, 2.75) is 13.5 Å². The van der Waals surface area contributed by atoms with E-state index in [1.807, 2.05) is 0 Å². The number of aliphatic hydroxyl groups is 1. The van der Waals surface area contributed by atoms with Gasteiger partial charge < -0.3 is 14.4 Å². The number of halogens is 2. The molecule has 0 aliphatic rings. The van der Waals surface area contributed by atoms with Crippen LogP contribution in [-0.4, -0.2) is 28.0 Å². The molecule has 0 saturated heterocycles. The number of carbonyl (C=O) groups is 2. The van der Waals surface area contributed by atoms with Crippen LogP contribution in [0.4, 0.5) is 8.78 Å². The molecule has 0 bridgehead atoms. The highest BCUT2D eigenvalue weighted by atomic mass is 19.2. The van der Waals surface area contributed by atoms with Gasteiger partial charge in [-0.15, -0.1) is 0 Å². The summed E-state index contributed by atoms with van der Waals surface area (Å²) in [6.07, 6.45) is 1.90. The van der Waals surface area contributed by atoms with E-state index in [4.69, 9.17) is 0 Å². The summed E-state index contributed by atoms with van der Waals surface area (Å²) < 4.78 is 32.9. The van der Waals surface area contributed by atoms with Gasteiger partial charge in [-0.3, -0.25) is 9.59 Å². The fraction of sp³-hybridized carbons (Fsp3) is 0.136. The van der Waals surface area contributed by atoms with Crippen LogP contribution in [0.5, 0.6) is 0 Å². The second kappa shape index (κ2) is 8.69. The summed E-state index contributed by atoms with van der Waals surface area (Å²) in [6, 6.07) is 9.93. The fourth-order valence-corrected chi connectivity index (χ4v) is 2.96. The first-order valence-corrected chi connectivity index (χ1v) is 9.00. The average Bonchev–Trinajstić information content (AvgIpc) is 2.72. The maximum atomic E-state index is 13.6. The molecule has 3 rings (SSSR count). The third kappa shape index (κ3) is 4.27. The highest BCUT2D eigenvalue weighted by Gasteiger charge is 2.17. The van der Waals surface area contributed by atoms with Crippen LogP contribution in [0.2, 0.25) is 0 Å². The molecule has 1 N–H and O–H groups in total. The van der Waals surface area contributed by atoms with E-state index in [1.165, 1.54) is 25.3 Å². The van der Waals surface area contributed by atoms with Gasteiger partial charge in [0.1, 0.15) is 5.76 Å². The van der Waals surface area contributed by atoms with Crippen molar-refractivity contribution < 1.29 is 28.2 Å². The Morgan fingerprint density at radius 1 is 1.13 bits per heavy atom. The van der Waals surface area contributed by atoms with Crippen LogP contribution in [0.25, 0.3) is 16.7 Å². The van der Waals surface area contributed by atoms with Gasteiger partial charge in [0, 0.05) is 24.2 Å². The molecule has 0 fully saturated rings. The Bertz CT molecular complexity index is 1230. The predicted molar refractivity (Wildman–Crippen MR) is 106 cm³/mol. The number of benzene rings is 2. The predicted octanol–water partition coefficient (Wildman–Crippen LogP) is 3.36. The molecule has 0 spiro atoms. The van der Waals surface area contributed by atoms with E-state index in [2.05, 4.69) is 4.74 Å². The topological polar surface area (TPSA) is 85.6 Å². The number of hydrogen-bond donors (Lipinski definition) is 1. The van der Waals surface area contributed by atoms with Crippen LogP contribution < -0.4 is 5.43 Å². The van der Waals surface area contributed by atoms with Crippen molar-refractivity contribution in [3.63, 3.8) is 0 Å². The summed E-state index contributed by atoms with van der Waals surface area (Å²) in [7, 11) is 0. The lowest BCUT2D eigenvalue weighted by Crippen LogP contribution is -2.18.